The van der Waals surface area contributed by atoms with E-state index in [1.807, 2.05) is 47.6 Å². The molecule has 0 aliphatic carbocycles. The third-order valence-corrected chi connectivity index (χ3v) is 2.67. The maximum atomic E-state index is 12.0. The Labute approximate surface area is 127 Å². The molecule has 2 heterocycles. The van der Waals surface area contributed by atoms with Crippen LogP contribution < -0.4 is 0 Å². The van der Waals surface area contributed by atoms with E-state index in [0.29, 0.717) is 5.65 Å². The molecular weight excluding hydrogens is 322 g/mol. The largest absolute Gasteiger partial charge is 0.442 e. The first-order valence-corrected chi connectivity index (χ1v) is 7.31. The van der Waals surface area contributed by atoms with E-state index in [9.17, 15) is 4.79 Å². The Morgan fingerprint density at radius 3 is 2.50 bits per heavy atom. The molecule has 0 N–H and O–H groups in total. The van der Waals surface area contributed by atoms with Gasteiger partial charge in [0.15, 0.2) is 5.65 Å². The minimum Gasteiger partial charge on any atom is -0.442 e. The van der Waals surface area contributed by atoms with E-state index in [0.717, 1.165) is 15.6 Å². The van der Waals surface area contributed by atoms with Crippen LogP contribution in [0.2, 0.25) is 0 Å². The van der Waals surface area contributed by atoms with Crippen molar-refractivity contribution >= 4 is 33.1 Å². The molecule has 0 fully saturated rings. The first-order chi connectivity index (χ1) is 9.28. The first kappa shape index (κ1) is 16.6. The summed E-state index contributed by atoms with van der Waals surface area (Å²) in [4.78, 5) is 16.2. The van der Waals surface area contributed by atoms with Gasteiger partial charge in [-0.15, -0.1) is 4.68 Å². The summed E-state index contributed by atoms with van der Waals surface area (Å²) in [6.07, 6.45) is 1.11. The summed E-state index contributed by atoms with van der Waals surface area (Å²) in [6, 6.07) is 1.88. The number of carbonyl (C=O) groups excluding carboxylic acids is 1. The minimum absolute atomic E-state index is 0.505. The number of hydrogen-bond acceptors (Lipinski definition) is 4. The normalized spacial score (nSPS) is 10.9. The molecule has 0 spiro atoms. The van der Waals surface area contributed by atoms with Gasteiger partial charge in [-0.25, -0.2) is 9.78 Å². The Hall–Kier alpha value is -1.43. The molecule has 0 aromatic carbocycles. The van der Waals surface area contributed by atoms with Crippen LogP contribution in [0, 0.1) is 6.92 Å². The lowest BCUT2D eigenvalue weighted by molar-refractivity contribution is 0.0521. The van der Waals surface area contributed by atoms with E-state index in [-0.39, 0.29) is 0 Å². The van der Waals surface area contributed by atoms with Gasteiger partial charge in [-0.05, 0) is 49.7 Å². The van der Waals surface area contributed by atoms with Gasteiger partial charge in [-0.2, -0.15) is 5.10 Å². The second kappa shape index (κ2) is 6.35. The SMILES string of the molecule is CC.Cc1nn(C(=O)OC(C)(C)C)c2ncc(Br)cc12. The predicted octanol–water partition coefficient (Wildman–Crippen LogP) is 4.31. The molecule has 0 bridgehead atoms. The van der Waals surface area contributed by atoms with E-state index in [1.165, 1.54) is 4.68 Å². The average Bonchev–Trinajstić information content (AvgIpc) is 2.67. The summed E-state index contributed by atoms with van der Waals surface area (Å²) < 4.78 is 7.33. The maximum Gasteiger partial charge on any atom is 0.437 e. The van der Waals surface area contributed by atoms with Crippen LogP contribution in [0.3, 0.4) is 0 Å². The number of halogens is 1. The molecule has 6 heteroatoms. The zero-order valence-corrected chi connectivity index (χ0v) is 14.3. The molecule has 0 saturated carbocycles. The Kier molecular flexibility index (Phi) is 5.28. The fraction of sp³-hybridized carbons (Fsp3) is 0.500. The number of ether oxygens (including phenoxy) is 1. The standard InChI is InChI=1S/C12H14BrN3O2.C2H6/c1-7-9-5-8(13)6-14-10(9)16(15-7)11(17)18-12(2,3)4;1-2/h5-6H,1-4H3;1-2H3. The Balaban J connectivity index is 0.000000956. The molecule has 2 aromatic heterocycles. The molecule has 20 heavy (non-hydrogen) atoms. The number of nitrogens with zero attached hydrogens (tertiary/aromatic N) is 3. The van der Waals surface area contributed by atoms with Crippen molar-refractivity contribution in [3.8, 4) is 0 Å². The van der Waals surface area contributed by atoms with Crippen molar-refractivity contribution in [3.63, 3.8) is 0 Å². The molecule has 0 aliphatic heterocycles. The van der Waals surface area contributed by atoms with Crippen molar-refractivity contribution in [1.82, 2.24) is 14.8 Å². The van der Waals surface area contributed by atoms with Crippen LogP contribution in [-0.4, -0.2) is 26.5 Å². The highest BCUT2D eigenvalue weighted by molar-refractivity contribution is 9.10. The molecule has 0 saturated heterocycles. The van der Waals surface area contributed by atoms with Gasteiger partial charge in [-0.3, -0.25) is 0 Å². The number of carbonyl (C=O) groups is 1. The highest BCUT2D eigenvalue weighted by Gasteiger charge is 2.21. The van der Waals surface area contributed by atoms with Crippen molar-refractivity contribution in [3.05, 3.63) is 22.4 Å². The van der Waals surface area contributed by atoms with E-state index < -0.39 is 11.7 Å². The number of aromatic nitrogens is 3. The van der Waals surface area contributed by atoms with Gasteiger partial charge in [0.1, 0.15) is 5.60 Å². The van der Waals surface area contributed by atoms with Crippen molar-refractivity contribution in [1.29, 1.82) is 0 Å². The van der Waals surface area contributed by atoms with E-state index in [1.54, 1.807) is 6.20 Å². The Morgan fingerprint density at radius 2 is 1.95 bits per heavy atom. The smallest absolute Gasteiger partial charge is 0.437 e. The van der Waals surface area contributed by atoms with Gasteiger partial charge in [0, 0.05) is 16.1 Å². The summed E-state index contributed by atoms with van der Waals surface area (Å²) in [6.45, 7) is 11.3. The summed E-state index contributed by atoms with van der Waals surface area (Å²) in [5.74, 6) is 0. The van der Waals surface area contributed by atoms with Crippen LogP contribution in [0.5, 0.6) is 0 Å². The third-order valence-electron chi connectivity index (χ3n) is 2.24. The zero-order chi connectivity index (χ0) is 15.5. The predicted molar refractivity (Wildman–Crippen MR) is 82.9 cm³/mol. The van der Waals surface area contributed by atoms with Crippen LogP contribution in [0.1, 0.15) is 40.3 Å². The fourth-order valence-corrected chi connectivity index (χ4v) is 1.88. The summed E-state index contributed by atoms with van der Waals surface area (Å²) >= 11 is 3.35. The molecular formula is C14H20BrN3O2. The van der Waals surface area contributed by atoms with Gasteiger partial charge < -0.3 is 4.74 Å². The van der Waals surface area contributed by atoms with Crippen LogP contribution in [-0.2, 0) is 4.74 Å². The first-order valence-electron chi connectivity index (χ1n) is 6.52. The lowest BCUT2D eigenvalue weighted by atomic mass is 10.2. The highest BCUT2D eigenvalue weighted by atomic mass is 79.9. The third kappa shape index (κ3) is 3.79. The van der Waals surface area contributed by atoms with Gasteiger partial charge >= 0.3 is 6.09 Å². The van der Waals surface area contributed by atoms with Crippen molar-refractivity contribution in [2.24, 2.45) is 0 Å². The van der Waals surface area contributed by atoms with E-state index >= 15 is 0 Å². The lowest BCUT2D eigenvalue weighted by Gasteiger charge is -2.18. The molecule has 0 atom stereocenters. The second-order valence-electron chi connectivity index (χ2n) is 5.00. The average molecular weight is 342 g/mol. The van der Waals surface area contributed by atoms with Gasteiger partial charge in [0.25, 0.3) is 0 Å². The van der Waals surface area contributed by atoms with Crippen molar-refractivity contribution in [2.75, 3.05) is 0 Å². The molecule has 2 rings (SSSR count). The number of pyridine rings is 1. The Morgan fingerprint density at radius 1 is 1.35 bits per heavy atom. The molecule has 110 valence electrons. The second-order valence-corrected chi connectivity index (χ2v) is 5.92. The molecule has 5 nitrogen and oxygen atoms in total. The number of aryl methyl sites for hydroxylation is 1. The quantitative estimate of drug-likeness (QED) is 0.716. The minimum atomic E-state index is -0.557. The summed E-state index contributed by atoms with van der Waals surface area (Å²) in [5.41, 5.74) is 0.688. The van der Waals surface area contributed by atoms with Gasteiger partial charge in [0.2, 0.25) is 0 Å². The zero-order valence-electron chi connectivity index (χ0n) is 12.7. The fourth-order valence-electron chi connectivity index (χ4n) is 1.55. The topological polar surface area (TPSA) is 57.0 Å². The van der Waals surface area contributed by atoms with Crippen LogP contribution in [0.4, 0.5) is 4.79 Å². The molecule has 0 amide bonds. The molecule has 0 radical (unpaired) electrons. The van der Waals surface area contributed by atoms with Crippen LogP contribution >= 0.6 is 15.9 Å². The van der Waals surface area contributed by atoms with Crippen molar-refractivity contribution in [2.45, 2.75) is 47.1 Å². The highest BCUT2D eigenvalue weighted by Crippen LogP contribution is 2.21. The van der Waals surface area contributed by atoms with E-state index in [2.05, 4.69) is 26.0 Å². The monoisotopic (exact) mass is 341 g/mol. The summed E-state index contributed by atoms with van der Waals surface area (Å²) in [7, 11) is 0. The van der Waals surface area contributed by atoms with E-state index in [4.69, 9.17) is 4.74 Å². The van der Waals surface area contributed by atoms with Crippen LogP contribution in [0.25, 0.3) is 11.0 Å². The number of hydrogen-bond donors (Lipinski definition) is 0. The lowest BCUT2D eigenvalue weighted by Crippen LogP contribution is -2.27. The number of fused-ring (bicyclic) bond motifs is 1. The van der Waals surface area contributed by atoms with Gasteiger partial charge in [0.05, 0.1) is 5.69 Å². The molecule has 0 aliphatic rings. The number of rotatable bonds is 0. The molecule has 2 aromatic rings. The summed E-state index contributed by atoms with van der Waals surface area (Å²) in [5, 5.41) is 5.00. The van der Waals surface area contributed by atoms with Crippen molar-refractivity contribution < 1.29 is 9.53 Å². The Bertz CT molecular complexity index is 615. The van der Waals surface area contributed by atoms with Gasteiger partial charge in [-0.1, -0.05) is 13.8 Å². The van der Waals surface area contributed by atoms with Crippen LogP contribution in [0.15, 0.2) is 16.7 Å². The molecule has 0 unspecified atom stereocenters. The maximum absolute atomic E-state index is 12.0.